The summed E-state index contributed by atoms with van der Waals surface area (Å²) in [6, 6.07) is 12.1. The number of rotatable bonds is 6. The number of nitrogens with zero attached hydrogens (tertiary/aromatic N) is 1. The van der Waals surface area contributed by atoms with Gasteiger partial charge in [-0.2, -0.15) is 18.3 Å². The third-order valence-corrected chi connectivity index (χ3v) is 3.58. The first-order chi connectivity index (χ1) is 13.1. The molecule has 0 unspecified atom stereocenters. The normalized spacial score (nSPS) is 11.7. The molecule has 148 valence electrons. The highest BCUT2D eigenvalue weighted by molar-refractivity contribution is 6.30. The maximum absolute atomic E-state index is 12.3. The van der Waals surface area contributed by atoms with Crippen LogP contribution in [0.15, 0.2) is 53.6 Å². The summed E-state index contributed by atoms with van der Waals surface area (Å²) in [5.74, 6) is -2.16. The molecule has 2 rings (SSSR count). The molecular formula is C18H15ClF3N3O3. The maximum Gasteiger partial charge on any atom is 0.471 e. The number of nitrogens with one attached hydrogen (secondary N) is 2. The molecule has 0 radical (unpaired) electrons. The average molecular weight is 414 g/mol. The van der Waals surface area contributed by atoms with Crippen LogP contribution in [0.3, 0.4) is 0 Å². The van der Waals surface area contributed by atoms with Crippen LogP contribution in [0, 0.1) is 0 Å². The van der Waals surface area contributed by atoms with Gasteiger partial charge in [0, 0.05) is 10.7 Å². The summed E-state index contributed by atoms with van der Waals surface area (Å²) in [7, 11) is 0. The van der Waals surface area contributed by atoms with E-state index >= 15 is 0 Å². The first-order valence-electron chi connectivity index (χ1n) is 7.85. The van der Waals surface area contributed by atoms with E-state index in [1.807, 2.05) is 0 Å². The lowest BCUT2D eigenvalue weighted by Gasteiger charge is -2.09. The van der Waals surface area contributed by atoms with Gasteiger partial charge in [0.25, 0.3) is 5.91 Å². The molecule has 0 aromatic heterocycles. The lowest BCUT2D eigenvalue weighted by Crippen LogP contribution is -2.30. The van der Waals surface area contributed by atoms with Crippen molar-refractivity contribution >= 4 is 34.8 Å². The van der Waals surface area contributed by atoms with Crippen LogP contribution in [0.25, 0.3) is 0 Å². The van der Waals surface area contributed by atoms with E-state index in [4.69, 9.17) is 16.3 Å². The largest absolute Gasteiger partial charge is 0.484 e. The van der Waals surface area contributed by atoms with Gasteiger partial charge in [-0.25, -0.2) is 5.43 Å². The fourth-order valence-electron chi connectivity index (χ4n) is 1.95. The van der Waals surface area contributed by atoms with Crippen molar-refractivity contribution in [1.82, 2.24) is 5.43 Å². The molecule has 2 N–H and O–H groups in total. The predicted octanol–water partition coefficient (Wildman–Crippen LogP) is 3.76. The van der Waals surface area contributed by atoms with Gasteiger partial charge in [0.1, 0.15) is 5.75 Å². The smallest absolute Gasteiger partial charge is 0.471 e. The molecule has 28 heavy (non-hydrogen) atoms. The summed E-state index contributed by atoms with van der Waals surface area (Å²) in [6.45, 7) is 1.26. The van der Waals surface area contributed by atoms with Crippen LogP contribution >= 0.6 is 11.6 Å². The van der Waals surface area contributed by atoms with Crippen LogP contribution < -0.4 is 15.5 Å². The molecule has 0 aliphatic rings. The number of ether oxygens (including phenoxy) is 1. The molecule has 2 aromatic rings. The summed E-state index contributed by atoms with van der Waals surface area (Å²) < 4.78 is 42.2. The zero-order chi connectivity index (χ0) is 20.7. The lowest BCUT2D eigenvalue weighted by molar-refractivity contribution is -0.167. The van der Waals surface area contributed by atoms with Crippen molar-refractivity contribution < 1.29 is 27.5 Å². The van der Waals surface area contributed by atoms with E-state index in [1.54, 1.807) is 42.6 Å². The molecule has 0 aliphatic carbocycles. The molecule has 0 atom stereocenters. The number of amides is 2. The summed E-state index contributed by atoms with van der Waals surface area (Å²) in [6.07, 6.45) is -4.99. The van der Waals surface area contributed by atoms with E-state index in [9.17, 15) is 22.8 Å². The molecule has 0 fully saturated rings. The number of anilines is 1. The fourth-order valence-corrected chi connectivity index (χ4v) is 2.07. The number of hydrazone groups is 1. The molecule has 10 heteroatoms. The van der Waals surface area contributed by atoms with E-state index in [0.717, 1.165) is 0 Å². The summed E-state index contributed by atoms with van der Waals surface area (Å²) >= 11 is 5.75. The summed E-state index contributed by atoms with van der Waals surface area (Å²) in [4.78, 5) is 22.8. The Morgan fingerprint density at radius 1 is 1.14 bits per heavy atom. The third kappa shape index (κ3) is 6.58. The predicted molar refractivity (Wildman–Crippen MR) is 98.4 cm³/mol. The number of hydrogen-bond acceptors (Lipinski definition) is 4. The molecule has 0 spiro atoms. The minimum absolute atomic E-state index is 0.0493. The van der Waals surface area contributed by atoms with Crippen molar-refractivity contribution in [2.24, 2.45) is 5.10 Å². The lowest BCUT2D eigenvalue weighted by atomic mass is 10.1. The minimum atomic E-state index is -4.99. The van der Waals surface area contributed by atoms with Crippen molar-refractivity contribution in [2.45, 2.75) is 13.1 Å². The summed E-state index contributed by atoms with van der Waals surface area (Å²) in [5.41, 5.74) is 2.97. The Morgan fingerprint density at radius 2 is 1.82 bits per heavy atom. The molecule has 2 amide bonds. The molecule has 6 nitrogen and oxygen atoms in total. The number of alkyl halides is 3. The molecule has 0 saturated carbocycles. The molecular weight excluding hydrogens is 399 g/mol. The number of carbonyl (C=O) groups excluding carboxylic acids is 2. The molecule has 0 bridgehead atoms. The van der Waals surface area contributed by atoms with Gasteiger partial charge in [0.2, 0.25) is 0 Å². The second-order valence-electron chi connectivity index (χ2n) is 5.51. The molecule has 2 aromatic carbocycles. The Bertz CT molecular complexity index is 884. The van der Waals surface area contributed by atoms with Crippen molar-refractivity contribution in [1.29, 1.82) is 0 Å². The van der Waals surface area contributed by atoms with Crippen LogP contribution in [0.5, 0.6) is 5.75 Å². The highest BCUT2D eigenvalue weighted by atomic mass is 35.5. The summed E-state index contributed by atoms with van der Waals surface area (Å²) in [5, 5.41) is 6.15. The monoisotopic (exact) mass is 413 g/mol. The highest BCUT2D eigenvalue weighted by Gasteiger charge is 2.38. The van der Waals surface area contributed by atoms with Gasteiger partial charge in [0.05, 0.1) is 5.71 Å². The number of carbonyl (C=O) groups is 2. The first kappa shape index (κ1) is 21.2. The van der Waals surface area contributed by atoms with Crippen LogP contribution in [-0.2, 0) is 9.59 Å². The average Bonchev–Trinajstić information content (AvgIpc) is 2.65. The minimum Gasteiger partial charge on any atom is -0.484 e. The van der Waals surface area contributed by atoms with E-state index in [0.29, 0.717) is 22.0 Å². The zero-order valence-electron chi connectivity index (χ0n) is 14.5. The van der Waals surface area contributed by atoms with Gasteiger partial charge in [-0.1, -0.05) is 23.7 Å². The first-order valence-corrected chi connectivity index (χ1v) is 8.23. The van der Waals surface area contributed by atoms with E-state index in [1.165, 1.54) is 18.2 Å². The van der Waals surface area contributed by atoms with Crippen molar-refractivity contribution in [3.8, 4) is 5.75 Å². The van der Waals surface area contributed by atoms with Crippen molar-refractivity contribution in [3.05, 3.63) is 59.1 Å². The Labute approximate surface area is 163 Å². The van der Waals surface area contributed by atoms with Crippen LogP contribution in [0.4, 0.5) is 18.9 Å². The van der Waals surface area contributed by atoms with E-state index in [2.05, 4.69) is 10.5 Å². The van der Waals surface area contributed by atoms with E-state index in [-0.39, 0.29) is 12.3 Å². The number of benzene rings is 2. The highest BCUT2D eigenvalue weighted by Crippen LogP contribution is 2.19. The Morgan fingerprint density at radius 3 is 2.46 bits per heavy atom. The maximum atomic E-state index is 12.3. The van der Waals surface area contributed by atoms with Crippen LogP contribution in [-0.4, -0.2) is 30.3 Å². The zero-order valence-corrected chi connectivity index (χ0v) is 15.3. The Balaban J connectivity index is 1.93. The van der Waals surface area contributed by atoms with Gasteiger partial charge < -0.3 is 10.1 Å². The second kappa shape index (κ2) is 9.23. The number of halogens is 4. The molecule has 0 saturated heterocycles. The van der Waals surface area contributed by atoms with Gasteiger partial charge in [-0.15, -0.1) is 0 Å². The van der Waals surface area contributed by atoms with Gasteiger partial charge in [0.15, 0.2) is 6.61 Å². The molecule has 0 aliphatic heterocycles. The van der Waals surface area contributed by atoms with Crippen LogP contribution in [0.1, 0.15) is 12.5 Å². The van der Waals surface area contributed by atoms with Gasteiger partial charge >= 0.3 is 12.1 Å². The molecule has 0 heterocycles. The van der Waals surface area contributed by atoms with Crippen LogP contribution in [0.2, 0.25) is 5.02 Å². The van der Waals surface area contributed by atoms with Crippen molar-refractivity contribution in [3.63, 3.8) is 0 Å². The second-order valence-corrected chi connectivity index (χ2v) is 5.94. The van der Waals surface area contributed by atoms with Gasteiger partial charge in [-0.05, 0) is 48.9 Å². The Hall–Kier alpha value is -3.07. The third-order valence-electron chi connectivity index (χ3n) is 3.33. The quantitative estimate of drug-likeness (QED) is 0.559. The van der Waals surface area contributed by atoms with Crippen molar-refractivity contribution in [2.75, 3.05) is 11.9 Å². The van der Waals surface area contributed by atoms with E-state index < -0.39 is 18.0 Å². The Kier molecular flexibility index (Phi) is 7.00. The SMILES string of the molecule is C/C(=N/NC(=O)COc1ccc(Cl)cc1)c1cccc(NC(=O)C(F)(F)F)c1. The number of hydrogen-bond donors (Lipinski definition) is 2. The van der Waals surface area contributed by atoms with Gasteiger partial charge in [-0.3, -0.25) is 9.59 Å². The topological polar surface area (TPSA) is 79.8 Å². The fraction of sp³-hybridized carbons (Fsp3) is 0.167. The standard InChI is InChI=1S/C18H15ClF3N3O3/c1-11(12-3-2-4-14(9-12)23-17(27)18(20,21)22)24-25-16(26)10-28-15-7-5-13(19)6-8-15/h2-9H,10H2,1H3,(H,23,27)(H,25,26)/b24-11-.